The van der Waals surface area contributed by atoms with E-state index in [1.807, 2.05) is 49.5 Å². The molecule has 6 heteroatoms. The summed E-state index contributed by atoms with van der Waals surface area (Å²) in [5.41, 5.74) is 2.61. The molecule has 1 amide bonds. The van der Waals surface area contributed by atoms with Gasteiger partial charge in [-0.05, 0) is 53.6 Å². The van der Waals surface area contributed by atoms with Gasteiger partial charge in [-0.15, -0.1) is 0 Å². The summed E-state index contributed by atoms with van der Waals surface area (Å²) in [6.07, 6.45) is 2.46. The predicted molar refractivity (Wildman–Crippen MR) is 107 cm³/mol. The molecule has 1 aliphatic heterocycles. The number of hydrogen-bond acceptors (Lipinski definition) is 4. The molecule has 2 N–H and O–H groups in total. The van der Waals surface area contributed by atoms with Crippen molar-refractivity contribution in [1.82, 2.24) is 15.1 Å². The summed E-state index contributed by atoms with van der Waals surface area (Å²) in [4.78, 5) is 13.7. The first-order valence-corrected chi connectivity index (χ1v) is 9.79. The number of aromatic nitrogens is 2. The van der Waals surface area contributed by atoms with Gasteiger partial charge in [0.1, 0.15) is 6.10 Å². The van der Waals surface area contributed by atoms with Gasteiger partial charge in [0.15, 0.2) is 0 Å². The van der Waals surface area contributed by atoms with Crippen molar-refractivity contribution < 1.29 is 14.6 Å². The number of H-pyrrole nitrogens is 1. The fourth-order valence-electron chi connectivity index (χ4n) is 3.98. The lowest BCUT2D eigenvalue weighted by Gasteiger charge is -2.31. The largest absolute Gasteiger partial charge is 0.450 e. The van der Waals surface area contributed by atoms with E-state index in [1.54, 1.807) is 4.90 Å². The van der Waals surface area contributed by atoms with E-state index in [0.717, 1.165) is 40.4 Å². The molecule has 4 rings (SSSR count). The van der Waals surface area contributed by atoms with Gasteiger partial charge in [0.25, 0.3) is 0 Å². The third-order valence-electron chi connectivity index (χ3n) is 5.52. The molecule has 1 atom stereocenters. The van der Waals surface area contributed by atoms with Gasteiger partial charge < -0.3 is 14.7 Å². The number of likely N-dealkylation sites (tertiary alicyclic amines) is 1. The minimum atomic E-state index is -0.759. The number of hydrogen-bond donors (Lipinski definition) is 2. The number of benzene rings is 2. The van der Waals surface area contributed by atoms with Crippen LogP contribution in [0, 0.1) is 0 Å². The monoisotopic (exact) mass is 379 g/mol. The van der Waals surface area contributed by atoms with E-state index >= 15 is 0 Å². The average molecular weight is 379 g/mol. The third kappa shape index (κ3) is 3.60. The number of carbonyl (C=O) groups is 1. The zero-order valence-corrected chi connectivity index (χ0v) is 16.0. The molecule has 0 aliphatic carbocycles. The molecular weight excluding hydrogens is 354 g/mol. The maximum absolute atomic E-state index is 11.9. The first kappa shape index (κ1) is 18.5. The lowest BCUT2D eigenvalue weighted by molar-refractivity contribution is 0.0968. The van der Waals surface area contributed by atoms with Crippen LogP contribution < -0.4 is 0 Å². The zero-order valence-electron chi connectivity index (χ0n) is 16.0. The smallest absolute Gasteiger partial charge is 0.409 e. The first-order valence-electron chi connectivity index (χ1n) is 9.79. The number of piperidine rings is 1. The average Bonchev–Trinajstić information content (AvgIpc) is 3.23. The SMILES string of the molecule is CCOC(=O)N1CCC(c2cn[nH]c2C(O)c2ccc3ccccc3c2)CC1. The normalized spacial score (nSPS) is 16.3. The number of aliphatic hydroxyl groups excluding tert-OH is 1. The summed E-state index contributed by atoms with van der Waals surface area (Å²) in [6.45, 7) is 3.51. The number of carbonyl (C=O) groups excluding carboxylic acids is 1. The van der Waals surface area contributed by atoms with Gasteiger partial charge in [-0.2, -0.15) is 5.10 Å². The minimum Gasteiger partial charge on any atom is -0.450 e. The van der Waals surface area contributed by atoms with Gasteiger partial charge in [-0.3, -0.25) is 5.10 Å². The molecule has 0 bridgehead atoms. The van der Waals surface area contributed by atoms with E-state index in [1.165, 1.54) is 0 Å². The summed E-state index contributed by atoms with van der Waals surface area (Å²) >= 11 is 0. The van der Waals surface area contributed by atoms with Crippen LogP contribution in [0.4, 0.5) is 4.79 Å². The molecule has 1 unspecified atom stereocenters. The van der Waals surface area contributed by atoms with Gasteiger partial charge in [0.2, 0.25) is 0 Å². The van der Waals surface area contributed by atoms with Crippen LogP contribution in [-0.4, -0.2) is 46.0 Å². The van der Waals surface area contributed by atoms with E-state index in [0.29, 0.717) is 19.7 Å². The Balaban J connectivity index is 1.51. The van der Waals surface area contributed by atoms with Gasteiger partial charge in [-0.1, -0.05) is 36.4 Å². The maximum atomic E-state index is 11.9. The lowest BCUT2D eigenvalue weighted by atomic mass is 9.87. The topological polar surface area (TPSA) is 78.5 Å². The van der Waals surface area contributed by atoms with Crippen molar-refractivity contribution in [3.63, 3.8) is 0 Å². The molecule has 1 fully saturated rings. The Kier molecular flexibility index (Phi) is 5.30. The van der Waals surface area contributed by atoms with Crippen molar-refractivity contribution in [3.8, 4) is 0 Å². The Morgan fingerprint density at radius 1 is 1.25 bits per heavy atom. The maximum Gasteiger partial charge on any atom is 0.409 e. The molecular formula is C22H25N3O3. The van der Waals surface area contributed by atoms with E-state index in [-0.39, 0.29) is 12.0 Å². The van der Waals surface area contributed by atoms with Crippen LogP contribution in [0.1, 0.15) is 48.6 Å². The molecule has 1 aliphatic rings. The molecule has 1 saturated heterocycles. The van der Waals surface area contributed by atoms with Crippen molar-refractivity contribution in [2.24, 2.45) is 0 Å². The molecule has 0 saturated carbocycles. The summed E-state index contributed by atoms with van der Waals surface area (Å²) in [7, 11) is 0. The number of aromatic amines is 1. The van der Waals surface area contributed by atoms with Crippen LogP contribution >= 0.6 is 0 Å². The Morgan fingerprint density at radius 3 is 2.75 bits per heavy atom. The summed E-state index contributed by atoms with van der Waals surface area (Å²) in [6, 6.07) is 14.1. The number of nitrogens with zero attached hydrogens (tertiary/aromatic N) is 2. The van der Waals surface area contributed by atoms with Crippen molar-refractivity contribution >= 4 is 16.9 Å². The second-order valence-electron chi connectivity index (χ2n) is 7.21. The van der Waals surface area contributed by atoms with Gasteiger partial charge in [0, 0.05) is 13.1 Å². The number of rotatable bonds is 4. The Bertz CT molecular complexity index is 960. The zero-order chi connectivity index (χ0) is 19.5. The molecule has 2 aromatic carbocycles. The molecule has 0 spiro atoms. The van der Waals surface area contributed by atoms with Gasteiger partial charge in [0.05, 0.1) is 18.5 Å². The van der Waals surface area contributed by atoms with Crippen LogP contribution in [-0.2, 0) is 4.74 Å². The van der Waals surface area contributed by atoms with Gasteiger partial charge >= 0.3 is 6.09 Å². The highest BCUT2D eigenvalue weighted by Crippen LogP contribution is 2.34. The number of amides is 1. The lowest BCUT2D eigenvalue weighted by Crippen LogP contribution is -2.38. The van der Waals surface area contributed by atoms with Crippen molar-refractivity contribution in [2.45, 2.75) is 31.8 Å². The Hall–Kier alpha value is -2.86. The summed E-state index contributed by atoms with van der Waals surface area (Å²) < 4.78 is 5.09. The van der Waals surface area contributed by atoms with Crippen LogP contribution in [0.2, 0.25) is 0 Å². The molecule has 6 nitrogen and oxygen atoms in total. The van der Waals surface area contributed by atoms with Gasteiger partial charge in [-0.25, -0.2) is 4.79 Å². The first-order chi connectivity index (χ1) is 13.7. The van der Waals surface area contributed by atoms with Crippen LogP contribution in [0.25, 0.3) is 10.8 Å². The van der Waals surface area contributed by atoms with E-state index < -0.39 is 6.10 Å². The quantitative estimate of drug-likeness (QED) is 0.719. The molecule has 0 radical (unpaired) electrons. The van der Waals surface area contributed by atoms with E-state index in [2.05, 4.69) is 16.3 Å². The predicted octanol–water partition coefficient (Wildman–Crippen LogP) is 3.98. The highest BCUT2D eigenvalue weighted by molar-refractivity contribution is 5.83. The summed E-state index contributed by atoms with van der Waals surface area (Å²) in [5, 5.41) is 20.5. The number of ether oxygens (including phenoxy) is 1. The molecule has 1 aromatic heterocycles. The molecule has 2 heterocycles. The minimum absolute atomic E-state index is 0.246. The fraction of sp³-hybridized carbons (Fsp3) is 0.364. The number of nitrogens with one attached hydrogen (secondary N) is 1. The second kappa shape index (κ2) is 8.02. The second-order valence-corrected chi connectivity index (χ2v) is 7.21. The van der Waals surface area contributed by atoms with Crippen molar-refractivity contribution in [3.05, 3.63) is 65.5 Å². The van der Waals surface area contributed by atoms with Crippen LogP contribution in [0.15, 0.2) is 48.7 Å². The van der Waals surface area contributed by atoms with Crippen molar-refractivity contribution in [1.29, 1.82) is 0 Å². The number of fused-ring (bicyclic) bond motifs is 1. The van der Waals surface area contributed by atoms with Crippen LogP contribution in [0.3, 0.4) is 0 Å². The highest BCUT2D eigenvalue weighted by atomic mass is 16.6. The van der Waals surface area contributed by atoms with E-state index in [9.17, 15) is 9.90 Å². The third-order valence-corrected chi connectivity index (χ3v) is 5.52. The van der Waals surface area contributed by atoms with Crippen molar-refractivity contribution in [2.75, 3.05) is 19.7 Å². The molecule has 3 aromatic rings. The standard InChI is InChI=1S/C22H25N3O3/c1-2-28-22(27)25-11-9-16(10-12-25)19-14-23-24-20(19)21(26)18-8-7-15-5-3-4-6-17(15)13-18/h3-8,13-14,16,21,26H,2,9-12H2,1H3,(H,23,24). The summed E-state index contributed by atoms with van der Waals surface area (Å²) in [5.74, 6) is 0.259. The fourth-order valence-corrected chi connectivity index (χ4v) is 3.98. The molecule has 146 valence electrons. The van der Waals surface area contributed by atoms with Crippen LogP contribution in [0.5, 0.6) is 0 Å². The highest BCUT2D eigenvalue weighted by Gasteiger charge is 2.28. The Labute approximate surface area is 164 Å². The van der Waals surface area contributed by atoms with E-state index in [4.69, 9.17) is 4.74 Å². The number of aliphatic hydroxyl groups is 1. The molecule has 28 heavy (non-hydrogen) atoms. The Morgan fingerprint density at radius 2 is 2.00 bits per heavy atom.